The summed E-state index contributed by atoms with van der Waals surface area (Å²) in [4.78, 5) is 22.5. The summed E-state index contributed by atoms with van der Waals surface area (Å²) in [5, 5.41) is 13.6. The zero-order chi connectivity index (χ0) is 15.2. The summed E-state index contributed by atoms with van der Waals surface area (Å²) in [6, 6.07) is 3.98. The molecule has 0 aliphatic carbocycles. The third-order valence-electron chi connectivity index (χ3n) is 3.51. The molecule has 0 unspecified atom stereocenters. The van der Waals surface area contributed by atoms with Crippen molar-refractivity contribution in [1.82, 2.24) is 5.32 Å². The molecule has 114 valence electrons. The maximum absolute atomic E-state index is 12.2. The van der Waals surface area contributed by atoms with Gasteiger partial charge in [-0.1, -0.05) is 0 Å². The zero-order valence-electron chi connectivity index (χ0n) is 11.5. The lowest BCUT2D eigenvalue weighted by atomic mass is 10.0. The molecular formula is C13H18N4O3S. The molecule has 1 aromatic rings. The van der Waals surface area contributed by atoms with Gasteiger partial charge in [0.05, 0.1) is 16.2 Å². The first kappa shape index (κ1) is 15.6. The van der Waals surface area contributed by atoms with E-state index < -0.39 is 4.92 Å². The highest BCUT2D eigenvalue weighted by Crippen LogP contribution is 2.23. The van der Waals surface area contributed by atoms with Gasteiger partial charge in [-0.15, -0.1) is 0 Å². The number of hydrazine groups is 1. The predicted octanol–water partition coefficient (Wildman–Crippen LogP) is 1.75. The Morgan fingerprint density at radius 3 is 2.76 bits per heavy atom. The first-order valence-corrected chi connectivity index (χ1v) is 7.88. The Morgan fingerprint density at radius 1 is 1.43 bits per heavy atom. The van der Waals surface area contributed by atoms with E-state index in [-0.39, 0.29) is 17.2 Å². The van der Waals surface area contributed by atoms with Crippen LogP contribution in [0, 0.1) is 16.0 Å². The Labute approximate surface area is 126 Å². The number of nitrogens with one attached hydrogen (secondary N) is 2. The molecule has 2 rings (SSSR count). The van der Waals surface area contributed by atoms with Crippen molar-refractivity contribution < 1.29 is 9.72 Å². The van der Waals surface area contributed by atoms with E-state index in [0.29, 0.717) is 18.2 Å². The first-order valence-electron chi connectivity index (χ1n) is 6.73. The molecule has 7 nitrogen and oxygen atoms in total. The van der Waals surface area contributed by atoms with Crippen LogP contribution in [0.5, 0.6) is 0 Å². The van der Waals surface area contributed by atoms with Gasteiger partial charge in [0.25, 0.3) is 11.6 Å². The molecule has 0 saturated carbocycles. The van der Waals surface area contributed by atoms with Crippen LogP contribution in [0.15, 0.2) is 18.2 Å². The van der Waals surface area contributed by atoms with Crippen LogP contribution in [-0.4, -0.2) is 28.9 Å². The van der Waals surface area contributed by atoms with E-state index in [9.17, 15) is 14.9 Å². The molecule has 1 fully saturated rings. The second kappa shape index (κ2) is 7.28. The van der Waals surface area contributed by atoms with Crippen molar-refractivity contribution in [2.24, 2.45) is 11.8 Å². The molecule has 0 radical (unpaired) electrons. The minimum absolute atomic E-state index is 0.131. The van der Waals surface area contributed by atoms with E-state index in [1.54, 1.807) is 0 Å². The van der Waals surface area contributed by atoms with Gasteiger partial charge in [-0.05, 0) is 36.3 Å². The Balaban J connectivity index is 2.06. The minimum Gasteiger partial charge on any atom is -0.352 e. The van der Waals surface area contributed by atoms with Crippen molar-refractivity contribution in [2.75, 3.05) is 23.5 Å². The maximum atomic E-state index is 12.2. The van der Waals surface area contributed by atoms with Crippen LogP contribution in [-0.2, 0) is 0 Å². The van der Waals surface area contributed by atoms with Crippen LogP contribution in [0.25, 0.3) is 0 Å². The number of nitrogens with zero attached hydrogens (tertiary/aromatic N) is 1. The molecule has 0 bridgehead atoms. The van der Waals surface area contributed by atoms with Crippen molar-refractivity contribution in [3.8, 4) is 0 Å². The van der Waals surface area contributed by atoms with Gasteiger partial charge in [-0.3, -0.25) is 20.8 Å². The van der Waals surface area contributed by atoms with Crippen molar-refractivity contribution in [2.45, 2.75) is 12.8 Å². The molecule has 1 amide bonds. The van der Waals surface area contributed by atoms with Crippen LogP contribution >= 0.6 is 11.8 Å². The highest BCUT2D eigenvalue weighted by molar-refractivity contribution is 7.99. The Bertz CT molecular complexity index is 532. The molecule has 1 aromatic carbocycles. The summed E-state index contributed by atoms with van der Waals surface area (Å²) < 4.78 is 0. The number of rotatable bonds is 5. The molecular weight excluding hydrogens is 292 g/mol. The lowest BCUT2D eigenvalue weighted by molar-refractivity contribution is -0.384. The number of hydrogen-bond donors (Lipinski definition) is 3. The number of hydrogen-bond acceptors (Lipinski definition) is 6. The summed E-state index contributed by atoms with van der Waals surface area (Å²) in [5.41, 5.74) is 2.83. The largest absolute Gasteiger partial charge is 0.352 e. The molecule has 0 aromatic heterocycles. The van der Waals surface area contributed by atoms with Crippen LogP contribution in [0.3, 0.4) is 0 Å². The smallest absolute Gasteiger partial charge is 0.270 e. The van der Waals surface area contributed by atoms with Crippen LogP contribution in [0.2, 0.25) is 0 Å². The summed E-state index contributed by atoms with van der Waals surface area (Å²) in [5.74, 6) is 7.72. The first-order chi connectivity index (χ1) is 10.1. The van der Waals surface area contributed by atoms with E-state index in [0.717, 1.165) is 24.3 Å². The van der Waals surface area contributed by atoms with E-state index in [4.69, 9.17) is 5.84 Å². The molecule has 8 heteroatoms. The topological polar surface area (TPSA) is 110 Å². The highest BCUT2D eigenvalue weighted by Gasteiger charge is 2.19. The van der Waals surface area contributed by atoms with Crippen molar-refractivity contribution >= 4 is 29.0 Å². The Kier molecular flexibility index (Phi) is 5.40. The fourth-order valence-electron chi connectivity index (χ4n) is 2.24. The fourth-order valence-corrected chi connectivity index (χ4v) is 3.45. The Morgan fingerprint density at radius 2 is 2.14 bits per heavy atom. The van der Waals surface area contributed by atoms with E-state index in [1.165, 1.54) is 18.2 Å². The number of benzene rings is 1. The number of nitro benzene ring substituents is 1. The quantitative estimate of drug-likeness (QED) is 0.434. The molecule has 1 heterocycles. The third kappa shape index (κ3) is 4.08. The average molecular weight is 310 g/mol. The van der Waals surface area contributed by atoms with Gasteiger partial charge < -0.3 is 10.7 Å². The lowest BCUT2D eigenvalue weighted by Gasteiger charge is -2.21. The van der Waals surface area contributed by atoms with Crippen molar-refractivity contribution in [3.63, 3.8) is 0 Å². The van der Waals surface area contributed by atoms with Gasteiger partial charge in [0.1, 0.15) is 0 Å². The SMILES string of the molecule is NNc1ccc([N+](=O)[O-])cc1C(=O)NCC1CCSCC1. The number of non-ortho nitro benzene ring substituents is 1. The number of nitrogens with two attached hydrogens (primary N) is 1. The predicted molar refractivity (Wildman–Crippen MR) is 83.3 cm³/mol. The van der Waals surface area contributed by atoms with E-state index in [1.807, 2.05) is 11.8 Å². The minimum atomic E-state index is -0.532. The number of anilines is 1. The number of nitro groups is 1. The summed E-state index contributed by atoms with van der Waals surface area (Å²) >= 11 is 1.93. The van der Waals surface area contributed by atoms with Crippen LogP contribution in [0.1, 0.15) is 23.2 Å². The second-order valence-corrected chi connectivity index (χ2v) is 6.12. The number of carbonyl (C=O) groups is 1. The standard InChI is InChI=1S/C13H18N4O3S/c14-16-12-2-1-10(17(19)20)7-11(12)13(18)15-8-9-3-5-21-6-4-9/h1-2,7,9,16H,3-6,8,14H2,(H,15,18). The van der Waals surface area contributed by atoms with Gasteiger partial charge in [-0.2, -0.15) is 11.8 Å². The average Bonchev–Trinajstić information content (AvgIpc) is 2.52. The molecule has 21 heavy (non-hydrogen) atoms. The maximum Gasteiger partial charge on any atom is 0.270 e. The highest BCUT2D eigenvalue weighted by atomic mass is 32.2. The third-order valence-corrected chi connectivity index (χ3v) is 4.56. The molecule has 0 spiro atoms. The molecule has 4 N–H and O–H groups in total. The van der Waals surface area contributed by atoms with Crippen molar-refractivity contribution in [3.05, 3.63) is 33.9 Å². The molecule has 1 saturated heterocycles. The monoisotopic (exact) mass is 310 g/mol. The number of nitrogen functional groups attached to an aromatic ring is 1. The fraction of sp³-hybridized carbons (Fsp3) is 0.462. The summed E-state index contributed by atoms with van der Waals surface area (Å²) in [7, 11) is 0. The van der Waals surface area contributed by atoms with E-state index in [2.05, 4.69) is 10.7 Å². The van der Waals surface area contributed by atoms with Gasteiger partial charge in [0, 0.05) is 18.7 Å². The van der Waals surface area contributed by atoms with Crippen molar-refractivity contribution in [1.29, 1.82) is 0 Å². The van der Waals surface area contributed by atoms with Gasteiger partial charge in [0.15, 0.2) is 0 Å². The zero-order valence-corrected chi connectivity index (χ0v) is 12.3. The Hall–Kier alpha value is -1.80. The normalized spacial score (nSPS) is 15.5. The number of amides is 1. The summed E-state index contributed by atoms with van der Waals surface area (Å²) in [6.45, 7) is 0.589. The molecule has 1 aliphatic rings. The number of carbonyl (C=O) groups excluding carboxylic acids is 1. The molecule has 0 atom stereocenters. The number of thioether (sulfide) groups is 1. The van der Waals surface area contributed by atoms with Crippen LogP contribution in [0.4, 0.5) is 11.4 Å². The van der Waals surface area contributed by atoms with Gasteiger partial charge >= 0.3 is 0 Å². The van der Waals surface area contributed by atoms with Gasteiger partial charge in [0.2, 0.25) is 0 Å². The van der Waals surface area contributed by atoms with Crippen LogP contribution < -0.4 is 16.6 Å². The van der Waals surface area contributed by atoms with Gasteiger partial charge in [-0.25, -0.2) is 0 Å². The summed E-state index contributed by atoms with van der Waals surface area (Å²) in [6.07, 6.45) is 2.17. The lowest BCUT2D eigenvalue weighted by Crippen LogP contribution is -2.31. The second-order valence-electron chi connectivity index (χ2n) is 4.90. The van der Waals surface area contributed by atoms with E-state index >= 15 is 0 Å². The molecule has 1 aliphatic heterocycles.